The molecule has 1 aliphatic heterocycles. The maximum atomic E-state index is 4.36. The zero-order chi connectivity index (χ0) is 7.52. The molecule has 2 nitrogen and oxygen atoms in total. The Morgan fingerprint density at radius 1 is 1.25 bits per heavy atom. The van der Waals surface area contributed by atoms with E-state index in [2.05, 4.69) is 9.98 Å². The quantitative estimate of drug-likeness (QED) is 0.653. The van der Waals surface area contributed by atoms with Gasteiger partial charge in [0.1, 0.15) is 0 Å². The van der Waals surface area contributed by atoms with Gasteiger partial charge in [-0.05, 0) is 25.0 Å². The average Bonchev–Trinajstić information content (AvgIpc) is 2.58. The van der Waals surface area contributed by atoms with E-state index in [0.29, 0.717) is 0 Å². The summed E-state index contributed by atoms with van der Waals surface area (Å²) < 4.78 is 0. The third-order valence-corrected chi connectivity index (χ3v) is 1.83. The largest absolute Gasteiger partial charge is 0.288 e. The average molecular weight is 183 g/mol. The van der Waals surface area contributed by atoms with Gasteiger partial charge < -0.3 is 0 Å². The van der Waals surface area contributed by atoms with Crippen molar-refractivity contribution in [3.63, 3.8) is 0 Å². The number of aliphatic imine (C=N–C) groups is 1. The van der Waals surface area contributed by atoms with Gasteiger partial charge in [0.05, 0.1) is 11.4 Å². The van der Waals surface area contributed by atoms with Crippen molar-refractivity contribution in [2.75, 3.05) is 6.54 Å². The van der Waals surface area contributed by atoms with Gasteiger partial charge in [-0.1, -0.05) is 6.07 Å². The summed E-state index contributed by atoms with van der Waals surface area (Å²) in [5, 5.41) is 0. The van der Waals surface area contributed by atoms with Gasteiger partial charge in [-0.15, -0.1) is 12.4 Å². The van der Waals surface area contributed by atoms with Crippen molar-refractivity contribution in [2.45, 2.75) is 12.8 Å². The fourth-order valence-corrected chi connectivity index (χ4v) is 1.28. The molecular weight excluding hydrogens is 172 g/mol. The first-order chi connectivity index (χ1) is 5.47. The van der Waals surface area contributed by atoms with Crippen molar-refractivity contribution in [1.29, 1.82) is 0 Å². The van der Waals surface area contributed by atoms with Gasteiger partial charge in [0.15, 0.2) is 0 Å². The van der Waals surface area contributed by atoms with Crippen LogP contribution < -0.4 is 0 Å². The van der Waals surface area contributed by atoms with E-state index in [4.69, 9.17) is 0 Å². The van der Waals surface area contributed by atoms with Crippen LogP contribution in [0.3, 0.4) is 0 Å². The minimum atomic E-state index is 0. The van der Waals surface area contributed by atoms with Crippen molar-refractivity contribution in [2.24, 2.45) is 4.99 Å². The topological polar surface area (TPSA) is 25.2 Å². The molecule has 3 heteroatoms. The number of hydrogen-bond acceptors (Lipinski definition) is 2. The number of nitrogens with zero attached hydrogens (tertiary/aromatic N) is 2. The fraction of sp³-hybridized carbons (Fsp3) is 0.333. The Kier molecular flexibility index (Phi) is 3.23. The molecule has 2 rings (SSSR count). The first kappa shape index (κ1) is 9.20. The summed E-state index contributed by atoms with van der Waals surface area (Å²) in [5.74, 6) is 0. The second-order valence-electron chi connectivity index (χ2n) is 2.65. The molecule has 0 saturated heterocycles. The molecule has 0 bridgehead atoms. The van der Waals surface area contributed by atoms with Crippen molar-refractivity contribution < 1.29 is 0 Å². The highest BCUT2D eigenvalue weighted by molar-refractivity contribution is 5.99. The number of halogens is 1. The maximum absolute atomic E-state index is 4.36. The van der Waals surface area contributed by atoms with Crippen LogP contribution in [0.25, 0.3) is 0 Å². The van der Waals surface area contributed by atoms with Crippen LogP contribution in [0, 0.1) is 0 Å². The summed E-state index contributed by atoms with van der Waals surface area (Å²) in [7, 11) is 0. The predicted octanol–water partition coefficient (Wildman–Crippen LogP) is 2.09. The van der Waals surface area contributed by atoms with Crippen LogP contribution in [-0.4, -0.2) is 17.2 Å². The molecular formula is C9H11ClN2. The molecule has 1 aromatic rings. The number of rotatable bonds is 1. The summed E-state index contributed by atoms with van der Waals surface area (Å²) in [6, 6.07) is 5.95. The van der Waals surface area contributed by atoms with Crippen molar-refractivity contribution in [3.05, 3.63) is 30.1 Å². The third kappa shape index (κ3) is 1.83. The van der Waals surface area contributed by atoms with Crippen LogP contribution in [0.15, 0.2) is 29.4 Å². The maximum Gasteiger partial charge on any atom is 0.0839 e. The van der Waals surface area contributed by atoms with Gasteiger partial charge in [-0.25, -0.2) is 0 Å². The summed E-state index contributed by atoms with van der Waals surface area (Å²) >= 11 is 0. The van der Waals surface area contributed by atoms with Gasteiger partial charge in [0.25, 0.3) is 0 Å². The lowest BCUT2D eigenvalue weighted by Crippen LogP contribution is -1.97. The molecule has 0 aliphatic carbocycles. The number of aromatic nitrogens is 1. The zero-order valence-corrected chi connectivity index (χ0v) is 7.55. The summed E-state index contributed by atoms with van der Waals surface area (Å²) in [4.78, 5) is 8.59. The molecule has 0 fully saturated rings. The lowest BCUT2D eigenvalue weighted by atomic mass is 10.2. The normalized spacial score (nSPS) is 15.2. The minimum absolute atomic E-state index is 0. The molecule has 0 aromatic carbocycles. The Bertz CT molecular complexity index is 269. The Labute approximate surface area is 78.2 Å². The zero-order valence-electron chi connectivity index (χ0n) is 6.73. The Morgan fingerprint density at radius 2 is 2.17 bits per heavy atom. The van der Waals surface area contributed by atoms with E-state index >= 15 is 0 Å². The van der Waals surface area contributed by atoms with Crippen LogP contribution >= 0.6 is 12.4 Å². The second kappa shape index (κ2) is 4.21. The monoisotopic (exact) mass is 182 g/mol. The van der Waals surface area contributed by atoms with Gasteiger partial charge in [-0.3, -0.25) is 9.98 Å². The van der Waals surface area contributed by atoms with Gasteiger partial charge in [0.2, 0.25) is 0 Å². The molecule has 0 atom stereocenters. The molecule has 1 aliphatic rings. The molecule has 0 saturated carbocycles. The highest BCUT2D eigenvalue weighted by Crippen LogP contribution is 2.09. The first-order valence-corrected chi connectivity index (χ1v) is 3.91. The highest BCUT2D eigenvalue weighted by atomic mass is 35.5. The fourth-order valence-electron chi connectivity index (χ4n) is 1.28. The van der Waals surface area contributed by atoms with E-state index < -0.39 is 0 Å². The van der Waals surface area contributed by atoms with E-state index in [9.17, 15) is 0 Å². The van der Waals surface area contributed by atoms with Crippen LogP contribution in [-0.2, 0) is 0 Å². The summed E-state index contributed by atoms with van der Waals surface area (Å²) in [6.07, 6.45) is 4.10. The molecule has 0 spiro atoms. The minimum Gasteiger partial charge on any atom is -0.288 e. The molecule has 0 radical (unpaired) electrons. The van der Waals surface area contributed by atoms with E-state index in [-0.39, 0.29) is 12.4 Å². The molecule has 2 heterocycles. The van der Waals surface area contributed by atoms with Crippen LogP contribution in [0.1, 0.15) is 18.5 Å². The SMILES string of the molecule is Cl.c1ccc(C2=NCCC2)nc1. The van der Waals surface area contributed by atoms with E-state index in [1.165, 1.54) is 12.1 Å². The van der Waals surface area contributed by atoms with Gasteiger partial charge in [-0.2, -0.15) is 0 Å². The lowest BCUT2D eigenvalue weighted by Gasteiger charge is -1.95. The van der Waals surface area contributed by atoms with E-state index in [1.54, 1.807) is 0 Å². The Balaban J connectivity index is 0.000000720. The molecule has 1 aromatic heterocycles. The van der Waals surface area contributed by atoms with E-state index in [1.807, 2.05) is 24.4 Å². The molecule has 12 heavy (non-hydrogen) atoms. The van der Waals surface area contributed by atoms with Crippen LogP contribution in [0.5, 0.6) is 0 Å². The lowest BCUT2D eigenvalue weighted by molar-refractivity contribution is 0.950. The third-order valence-electron chi connectivity index (χ3n) is 1.83. The second-order valence-corrected chi connectivity index (χ2v) is 2.65. The van der Waals surface area contributed by atoms with Crippen LogP contribution in [0.4, 0.5) is 0 Å². The van der Waals surface area contributed by atoms with Gasteiger partial charge >= 0.3 is 0 Å². The predicted molar refractivity (Wildman–Crippen MR) is 52.1 cm³/mol. The molecule has 64 valence electrons. The van der Waals surface area contributed by atoms with Crippen LogP contribution in [0.2, 0.25) is 0 Å². The Morgan fingerprint density at radius 3 is 2.75 bits per heavy atom. The standard InChI is InChI=1S/C9H10N2.ClH/c1-2-6-10-8(4-1)9-5-3-7-11-9;/h1-2,4,6H,3,5,7H2;1H. The Hall–Kier alpha value is -0.890. The number of hydrogen-bond donors (Lipinski definition) is 0. The summed E-state index contributed by atoms with van der Waals surface area (Å²) in [5.41, 5.74) is 2.22. The van der Waals surface area contributed by atoms with E-state index in [0.717, 1.165) is 18.7 Å². The molecule has 0 N–H and O–H groups in total. The smallest absolute Gasteiger partial charge is 0.0839 e. The molecule has 0 unspecified atom stereocenters. The summed E-state index contributed by atoms with van der Waals surface area (Å²) in [6.45, 7) is 0.978. The van der Waals surface area contributed by atoms with Crippen molar-refractivity contribution >= 4 is 18.1 Å². The first-order valence-electron chi connectivity index (χ1n) is 3.91. The number of pyridine rings is 1. The highest BCUT2D eigenvalue weighted by Gasteiger charge is 2.08. The molecule has 0 amide bonds. The van der Waals surface area contributed by atoms with Crippen molar-refractivity contribution in [3.8, 4) is 0 Å². The van der Waals surface area contributed by atoms with Gasteiger partial charge in [0, 0.05) is 12.7 Å². The van der Waals surface area contributed by atoms with Crippen molar-refractivity contribution in [1.82, 2.24) is 4.98 Å².